The minimum Gasteiger partial charge on any atom is -0.445 e. The highest BCUT2D eigenvalue weighted by molar-refractivity contribution is 5.15. The molecule has 1 aromatic heterocycles. The van der Waals surface area contributed by atoms with Crippen molar-refractivity contribution < 1.29 is 4.42 Å². The van der Waals surface area contributed by atoms with E-state index < -0.39 is 0 Å². The lowest BCUT2D eigenvalue weighted by atomic mass is 9.97. The van der Waals surface area contributed by atoms with E-state index in [1.54, 1.807) is 0 Å². The molecular weight excluding hydrogens is 162 g/mol. The second kappa shape index (κ2) is 3.17. The van der Waals surface area contributed by atoms with Gasteiger partial charge in [-0.3, -0.25) is 0 Å². The fourth-order valence-electron chi connectivity index (χ4n) is 1.26. The molecule has 0 spiro atoms. The van der Waals surface area contributed by atoms with Crippen molar-refractivity contribution in [1.82, 2.24) is 4.98 Å². The summed E-state index contributed by atoms with van der Waals surface area (Å²) >= 11 is 0. The standard InChI is InChI=1S/C11H19NO/c1-7(2)9-8(3)13-10(12-9)11(4,5)6/h7H,1-6H3. The van der Waals surface area contributed by atoms with E-state index >= 15 is 0 Å². The highest BCUT2D eigenvalue weighted by Crippen LogP contribution is 2.26. The zero-order valence-electron chi connectivity index (χ0n) is 9.43. The van der Waals surface area contributed by atoms with Crippen molar-refractivity contribution >= 4 is 0 Å². The molecule has 0 N–H and O–H groups in total. The molecule has 0 aliphatic heterocycles. The van der Waals surface area contributed by atoms with Crippen LogP contribution in [0.4, 0.5) is 0 Å². The van der Waals surface area contributed by atoms with Gasteiger partial charge in [-0.2, -0.15) is 0 Å². The molecule has 0 aliphatic carbocycles. The highest BCUT2D eigenvalue weighted by Gasteiger charge is 2.22. The summed E-state index contributed by atoms with van der Waals surface area (Å²) in [6.07, 6.45) is 0. The highest BCUT2D eigenvalue weighted by atomic mass is 16.4. The zero-order chi connectivity index (χ0) is 10.2. The summed E-state index contributed by atoms with van der Waals surface area (Å²) in [5.74, 6) is 2.24. The van der Waals surface area contributed by atoms with Gasteiger partial charge in [-0.1, -0.05) is 34.6 Å². The summed E-state index contributed by atoms with van der Waals surface area (Å²) in [7, 11) is 0. The van der Waals surface area contributed by atoms with E-state index in [4.69, 9.17) is 4.42 Å². The van der Waals surface area contributed by atoms with Gasteiger partial charge < -0.3 is 4.42 Å². The second-order valence-electron chi connectivity index (χ2n) is 4.87. The molecular formula is C11H19NO. The molecule has 0 bridgehead atoms. The molecule has 2 heteroatoms. The monoisotopic (exact) mass is 181 g/mol. The van der Waals surface area contributed by atoms with Crippen LogP contribution < -0.4 is 0 Å². The number of hydrogen-bond donors (Lipinski definition) is 0. The fourth-order valence-corrected chi connectivity index (χ4v) is 1.26. The van der Waals surface area contributed by atoms with E-state index in [9.17, 15) is 0 Å². The maximum Gasteiger partial charge on any atom is 0.200 e. The minimum absolute atomic E-state index is 0.0118. The van der Waals surface area contributed by atoms with Gasteiger partial charge in [-0.05, 0) is 12.8 Å². The van der Waals surface area contributed by atoms with Crippen molar-refractivity contribution in [2.45, 2.75) is 52.9 Å². The first kappa shape index (κ1) is 10.3. The van der Waals surface area contributed by atoms with Crippen LogP contribution in [0.5, 0.6) is 0 Å². The molecule has 0 amide bonds. The Bertz CT molecular complexity index is 292. The van der Waals surface area contributed by atoms with Crippen LogP contribution >= 0.6 is 0 Å². The van der Waals surface area contributed by atoms with Crippen molar-refractivity contribution in [2.75, 3.05) is 0 Å². The van der Waals surface area contributed by atoms with E-state index in [-0.39, 0.29) is 5.41 Å². The maximum atomic E-state index is 5.63. The quantitative estimate of drug-likeness (QED) is 0.663. The van der Waals surface area contributed by atoms with Gasteiger partial charge in [-0.25, -0.2) is 4.98 Å². The summed E-state index contributed by atoms with van der Waals surface area (Å²) < 4.78 is 5.63. The first-order valence-electron chi connectivity index (χ1n) is 4.80. The Morgan fingerprint density at radius 3 is 2.00 bits per heavy atom. The number of hydrogen-bond acceptors (Lipinski definition) is 2. The molecule has 0 atom stereocenters. The average molecular weight is 181 g/mol. The zero-order valence-corrected chi connectivity index (χ0v) is 9.43. The molecule has 1 heterocycles. The smallest absolute Gasteiger partial charge is 0.200 e. The number of oxazole rings is 1. The minimum atomic E-state index is 0.0118. The van der Waals surface area contributed by atoms with Gasteiger partial charge >= 0.3 is 0 Å². The van der Waals surface area contributed by atoms with Crippen molar-refractivity contribution in [3.05, 3.63) is 17.3 Å². The average Bonchev–Trinajstić information content (AvgIpc) is 2.29. The number of aromatic nitrogens is 1. The Kier molecular flexibility index (Phi) is 2.51. The summed E-state index contributed by atoms with van der Waals surface area (Å²) in [6, 6.07) is 0. The molecule has 0 saturated heterocycles. The molecule has 1 rings (SSSR count). The lowest BCUT2D eigenvalue weighted by Gasteiger charge is -2.12. The van der Waals surface area contributed by atoms with Crippen LogP contribution in [0.1, 0.15) is 57.9 Å². The molecule has 0 aromatic carbocycles. The number of rotatable bonds is 1. The topological polar surface area (TPSA) is 26.0 Å². The molecule has 0 aliphatic rings. The Morgan fingerprint density at radius 2 is 1.77 bits per heavy atom. The van der Waals surface area contributed by atoms with Gasteiger partial charge in [0.2, 0.25) is 0 Å². The maximum absolute atomic E-state index is 5.63. The van der Waals surface area contributed by atoms with Crippen molar-refractivity contribution in [2.24, 2.45) is 0 Å². The van der Waals surface area contributed by atoms with Gasteiger partial charge in [0, 0.05) is 5.41 Å². The molecule has 2 nitrogen and oxygen atoms in total. The van der Waals surface area contributed by atoms with E-state index in [0.29, 0.717) is 5.92 Å². The van der Waals surface area contributed by atoms with E-state index in [0.717, 1.165) is 17.3 Å². The van der Waals surface area contributed by atoms with Crippen LogP contribution in [0.2, 0.25) is 0 Å². The molecule has 0 saturated carbocycles. The molecule has 0 radical (unpaired) electrons. The van der Waals surface area contributed by atoms with Gasteiger partial charge in [0.25, 0.3) is 0 Å². The van der Waals surface area contributed by atoms with Gasteiger partial charge in [0.1, 0.15) is 5.76 Å². The Morgan fingerprint density at radius 1 is 1.23 bits per heavy atom. The summed E-state index contributed by atoms with van der Waals surface area (Å²) in [4.78, 5) is 4.51. The lowest BCUT2D eigenvalue weighted by molar-refractivity contribution is 0.380. The van der Waals surface area contributed by atoms with E-state index in [2.05, 4.69) is 39.6 Å². The lowest BCUT2D eigenvalue weighted by Crippen LogP contribution is -2.11. The van der Waals surface area contributed by atoms with Crippen LogP contribution in [-0.4, -0.2) is 4.98 Å². The van der Waals surface area contributed by atoms with Crippen molar-refractivity contribution in [3.8, 4) is 0 Å². The Labute approximate surface area is 80.4 Å². The van der Waals surface area contributed by atoms with Crippen LogP contribution in [0, 0.1) is 6.92 Å². The predicted molar refractivity (Wildman–Crippen MR) is 54.0 cm³/mol. The third kappa shape index (κ3) is 2.11. The van der Waals surface area contributed by atoms with Crippen LogP contribution in [-0.2, 0) is 5.41 Å². The van der Waals surface area contributed by atoms with Gasteiger partial charge in [0.15, 0.2) is 5.89 Å². The van der Waals surface area contributed by atoms with Crippen LogP contribution in [0.3, 0.4) is 0 Å². The molecule has 13 heavy (non-hydrogen) atoms. The molecule has 1 aromatic rings. The van der Waals surface area contributed by atoms with Crippen LogP contribution in [0.15, 0.2) is 4.42 Å². The first-order chi connectivity index (χ1) is 5.82. The van der Waals surface area contributed by atoms with Crippen LogP contribution in [0.25, 0.3) is 0 Å². The third-order valence-corrected chi connectivity index (χ3v) is 2.02. The van der Waals surface area contributed by atoms with E-state index in [1.807, 2.05) is 6.92 Å². The first-order valence-corrected chi connectivity index (χ1v) is 4.80. The van der Waals surface area contributed by atoms with Crippen molar-refractivity contribution in [1.29, 1.82) is 0 Å². The Balaban J connectivity index is 3.10. The molecule has 0 unspecified atom stereocenters. The van der Waals surface area contributed by atoms with E-state index in [1.165, 1.54) is 0 Å². The number of aryl methyl sites for hydroxylation is 1. The SMILES string of the molecule is Cc1oc(C(C)(C)C)nc1C(C)C. The van der Waals surface area contributed by atoms with Crippen molar-refractivity contribution in [3.63, 3.8) is 0 Å². The van der Waals surface area contributed by atoms with Gasteiger partial charge in [-0.15, -0.1) is 0 Å². The predicted octanol–water partition coefficient (Wildman–Crippen LogP) is 3.40. The second-order valence-corrected chi connectivity index (χ2v) is 4.87. The third-order valence-electron chi connectivity index (χ3n) is 2.02. The summed E-state index contributed by atoms with van der Waals surface area (Å²) in [5.41, 5.74) is 1.10. The summed E-state index contributed by atoms with van der Waals surface area (Å²) in [5, 5.41) is 0. The molecule has 0 fully saturated rings. The van der Waals surface area contributed by atoms with Gasteiger partial charge in [0.05, 0.1) is 5.69 Å². The largest absolute Gasteiger partial charge is 0.445 e. The Hall–Kier alpha value is -0.790. The fraction of sp³-hybridized carbons (Fsp3) is 0.727. The molecule has 74 valence electrons. The normalized spacial score (nSPS) is 12.5. The summed E-state index contributed by atoms with van der Waals surface area (Å²) in [6.45, 7) is 12.6. The number of nitrogens with zero attached hydrogens (tertiary/aromatic N) is 1.